The van der Waals surface area contributed by atoms with E-state index in [0.717, 1.165) is 16.7 Å². The average Bonchev–Trinajstić information content (AvgIpc) is 2.87. The largest absolute Gasteiger partial charge is 0.444 e. The predicted octanol–water partition coefficient (Wildman–Crippen LogP) is 2.32. The Bertz CT molecular complexity index is 488. The minimum Gasteiger partial charge on any atom is -0.444 e. The van der Waals surface area contributed by atoms with Crippen LogP contribution in [0.2, 0.25) is 0 Å². The molecular weight excluding hydrogens is 224 g/mol. The van der Waals surface area contributed by atoms with Crippen molar-refractivity contribution in [1.82, 2.24) is 14.3 Å². The second-order valence-corrected chi connectivity index (χ2v) is 4.70. The van der Waals surface area contributed by atoms with Gasteiger partial charge in [0.15, 0.2) is 0 Å². The molecule has 0 atom stereocenters. The van der Waals surface area contributed by atoms with Crippen LogP contribution in [0.1, 0.15) is 36.2 Å². The third-order valence-corrected chi connectivity index (χ3v) is 3.13. The quantitative estimate of drug-likeness (QED) is 0.882. The number of aryl methyl sites for hydroxylation is 1. The van der Waals surface area contributed by atoms with Crippen LogP contribution in [-0.4, -0.2) is 14.3 Å². The Morgan fingerprint density at radius 3 is 3.12 bits per heavy atom. The summed E-state index contributed by atoms with van der Waals surface area (Å²) in [5.74, 6) is 3.10. The highest BCUT2D eigenvalue weighted by Gasteiger charge is 2.27. The van der Waals surface area contributed by atoms with E-state index in [2.05, 4.69) is 19.7 Å². The van der Waals surface area contributed by atoms with Gasteiger partial charge in [-0.3, -0.25) is 0 Å². The monoisotopic (exact) mass is 236 g/mol. The van der Waals surface area contributed by atoms with Crippen molar-refractivity contribution in [3.8, 4) is 0 Å². The Kier molecular flexibility index (Phi) is 2.36. The summed E-state index contributed by atoms with van der Waals surface area (Å²) in [5, 5.41) is 4.01. The Hall–Kier alpha value is -1.43. The number of hydrogen-bond donors (Lipinski definition) is 1. The van der Waals surface area contributed by atoms with E-state index >= 15 is 0 Å². The van der Waals surface area contributed by atoms with Crippen LogP contribution in [0.15, 0.2) is 10.6 Å². The van der Waals surface area contributed by atoms with E-state index in [4.69, 9.17) is 4.42 Å². The van der Waals surface area contributed by atoms with Crippen molar-refractivity contribution in [1.29, 1.82) is 0 Å². The maximum Gasteiger partial charge on any atom is 0.213 e. The third kappa shape index (κ3) is 2.06. The lowest BCUT2D eigenvalue weighted by atomic mass is 10.4. The van der Waals surface area contributed by atoms with Crippen LogP contribution in [0.3, 0.4) is 0 Å². The number of aromatic nitrogens is 3. The van der Waals surface area contributed by atoms with Crippen LogP contribution >= 0.6 is 11.5 Å². The highest BCUT2D eigenvalue weighted by molar-refractivity contribution is 7.09. The first-order valence-electron chi connectivity index (χ1n) is 5.30. The lowest BCUT2D eigenvalue weighted by Gasteiger charge is -1.96. The molecule has 1 fully saturated rings. The van der Waals surface area contributed by atoms with Crippen LogP contribution in [0, 0.1) is 6.92 Å². The molecule has 0 aliphatic heterocycles. The van der Waals surface area contributed by atoms with Gasteiger partial charge in [0, 0.05) is 17.5 Å². The summed E-state index contributed by atoms with van der Waals surface area (Å²) in [4.78, 5) is 8.53. The van der Waals surface area contributed by atoms with Crippen molar-refractivity contribution < 1.29 is 4.42 Å². The summed E-state index contributed by atoms with van der Waals surface area (Å²) < 4.78 is 9.67. The molecule has 2 aromatic heterocycles. The molecule has 0 bridgehead atoms. The van der Waals surface area contributed by atoms with Gasteiger partial charge in [0.2, 0.25) is 11.0 Å². The van der Waals surface area contributed by atoms with Crippen LogP contribution in [0.25, 0.3) is 0 Å². The molecule has 5 nitrogen and oxygen atoms in total. The smallest absolute Gasteiger partial charge is 0.213 e. The van der Waals surface area contributed by atoms with E-state index in [0.29, 0.717) is 18.4 Å². The van der Waals surface area contributed by atoms with Gasteiger partial charge in [-0.2, -0.15) is 4.37 Å². The first-order chi connectivity index (χ1) is 7.81. The van der Waals surface area contributed by atoms with E-state index in [-0.39, 0.29) is 0 Å². The molecule has 1 N–H and O–H groups in total. The van der Waals surface area contributed by atoms with Gasteiger partial charge in [-0.1, -0.05) is 0 Å². The summed E-state index contributed by atoms with van der Waals surface area (Å²) >= 11 is 1.40. The molecule has 0 amide bonds. The average molecular weight is 236 g/mol. The van der Waals surface area contributed by atoms with Gasteiger partial charge in [-0.25, -0.2) is 9.97 Å². The molecule has 0 spiro atoms. The van der Waals surface area contributed by atoms with Crippen molar-refractivity contribution in [2.24, 2.45) is 0 Å². The maximum atomic E-state index is 5.35. The van der Waals surface area contributed by atoms with Crippen LogP contribution in [-0.2, 0) is 6.54 Å². The zero-order valence-corrected chi connectivity index (χ0v) is 9.75. The SMILES string of the molecule is Cc1cnc(CNc2nc(C3CC3)ns2)o1. The number of hydrogen-bond acceptors (Lipinski definition) is 6. The van der Waals surface area contributed by atoms with Gasteiger partial charge in [0.25, 0.3) is 0 Å². The van der Waals surface area contributed by atoms with Crippen LogP contribution in [0.5, 0.6) is 0 Å². The normalized spacial score (nSPS) is 15.3. The molecular formula is C10H12N4OS. The highest BCUT2D eigenvalue weighted by atomic mass is 32.1. The van der Waals surface area contributed by atoms with Crippen molar-refractivity contribution in [2.45, 2.75) is 32.2 Å². The highest BCUT2D eigenvalue weighted by Crippen LogP contribution is 2.39. The van der Waals surface area contributed by atoms with Crippen molar-refractivity contribution in [3.05, 3.63) is 23.7 Å². The fourth-order valence-corrected chi connectivity index (χ4v) is 2.09. The standard InChI is InChI=1S/C10H12N4OS/c1-6-4-11-8(15-6)5-12-10-13-9(14-16-10)7-2-3-7/h4,7H,2-3,5H2,1H3,(H,12,13,14). The van der Waals surface area contributed by atoms with E-state index < -0.39 is 0 Å². The third-order valence-electron chi connectivity index (χ3n) is 2.44. The Morgan fingerprint density at radius 2 is 2.44 bits per heavy atom. The molecule has 0 aromatic carbocycles. The van der Waals surface area contributed by atoms with Crippen molar-refractivity contribution >= 4 is 16.7 Å². The zero-order chi connectivity index (χ0) is 11.0. The minimum absolute atomic E-state index is 0.563. The Balaban J connectivity index is 1.61. The lowest BCUT2D eigenvalue weighted by molar-refractivity contribution is 0.479. The second-order valence-electron chi connectivity index (χ2n) is 3.95. The van der Waals surface area contributed by atoms with E-state index in [1.165, 1.54) is 24.4 Å². The second kappa shape index (κ2) is 3.86. The van der Waals surface area contributed by atoms with Gasteiger partial charge in [0.05, 0.1) is 12.7 Å². The van der Waals surface area contributed by atoms with Gasteiger partial charge in [-0.15, -0.1) is 0 Å². The number of anilines is 1. The van der Waals surface area contributed by atoms with Gasteiger partial charge in [0.1, 0.15) is 11.6 Å². The Morgan fingerprint density at radius 1 is 1.56 bits per heavy atom. The Labute approximate surface area is 97.1 Å². The van der Waals surface area contributed by atoms with Crippen molar-refractivity contribution in [3.63, 3.8) is 0 Å². The van der Waals surface area contributed by atoms with E-state index in [1.54, 1.807) is 6.20 Å². The molecule has 0 saturated heterocycles. The number of oxazole rings is 1. The van der Waals surface area contributed by atoms with Crippen molar-refractivity contribution in [2.75, 3.05) is 5.32 Å². The fraction of sp³-hybridized carbons (Fsp3) is 0.500. The van der Waals surface area contributed by atoms with E-state index in [9.17, 15) is 0 Å². The predicted molar refractivity (Wildman–Crippen MR) is 60.5 cm³/mol. The van der Waals surface area contributed by atoms with Crippen LogP contribution < -0.4 is 5.32 Å². The molecule has 6 heteroatoms. The topological polar surface area (TPSA) is 63.8 Å². The maximum absolute atomic E-state index is 5.35. The lowest BCUT2D eigenvalue weighted by Crippen LogP contribution is -1.99. The minimum atomic E-state index is 0.563. The summed E-state index contributed by atoms with van der Waals surface area (Å²) in [6.45, 7) is 2.44. The fourth-order valence-electron chi connectivity index (χ4n) is 1.45. The zero-order valence-electron chi connectivity index (χ0n) is 8.93. The molecule has 84 valence electrons. The molecule has 2 heterocycles. The molecule has 2 aromatic rings. The molecule has 0 unspecified atom stereocenters. The number of rotatable bonds is 4. The van der Waals surface area contributed by atoms with Gasteiger partial charge >= 0.3 is 0 Å². The van der Waals surface area contributed by atoms with Gasteiger partial charge < -0.3 is 9.73 Å². The molecule has 1 aliphatic carbocycles. The summed E-state index contributed by atoms with van der Waals surface area (Å²) in [6.07, 6.45) is 4.18. The molecule has 16 heavy (non-hydrogen) atoms. The molecule has 1 aliphatic rings. The van der Waals surface area contributed by atoms with Crippen LogP contribution in [0.4, 0.5) is 5.13 Å². The van der Waals surface area contributed by atoms with E-state index in [1.807, 2.05) is 6.92 Å². The molecule has 3 rings (SSSR count). The number of nitrogens with one attached hydrogen (secondary N) is 1. The molecule has 0 radical (unpaired) electrons. The summed E-state index contributed by atoms with van der Waals surface area (Å²) in [5.41, 5.74) is 0. The molecule has 1 saturated carbocycles. The summed E-state index contributed by atoms with van der Waals surface area (Å²) in [6, 6.07) is 0. The first kappa shape index (κ1) is 9.77. The summed E-state index contributed by atoms with van der Waals surface area (Å²) in [7, 11) is 0. The first-order valence-corrected chi connectivity index (χ1v) is 6.07. The number of nitrogens with zero attached hydrogens (tertiary/aromatic N) is 3. The van der Waals surface area contributed by atoms with Gasteiger partial charge in [-0.05, 0) is 19.8 Å².